The van der Waals surface area contributed by atoms with E-state index in [9.17, 15) is 26.4 Å². The van der Waals surface area contributed by atoms with E-state index in [1.807, 2.05) is 0 Å². The Morgan fingerprint density at radius 3 is 2.41 bits per heavy atom. The van der Waals surface area contributed by atoms with Crippen LogP contribution in [0.4, 0.5) is 18.9 Å². The third-order valence-corrected chi connectivity index (χ3v) is 7.65. The summed E-state index contributed by atoms with van der Waals surface area (Å²) in [6, 6.07) is 3.01. The number of carbonyl (C=O) groups is 1. The van der Waals surface area contributed by atoms with Gasteiger partial charge in [0.25, 0.3) is 0 Å². The molecule has 1 aromatic rings. The first-order valence-electron chi connectivity index (χ1n) is 9.69. The van der Waals surface area contributed by atoms with Gasteiger partial charge in [-0.1, -0.05) is 30.9 Å². The number of anilines is 1. The van der Waals surface area contributed by atoms with Crippen molar-refractivity contribution in [1.29, 1.82) is 0 Å². The summed E-state index contributed by atoms with van der Waals surface area (Å²) < 4.78 is 62.9. The Labute approximate surface area is 173 Å². The average Bonchev–Trinajstić information content (AvgIpc) is 3.00. The largest absolute Gasteiger partial charge is 0.417 e. The van der Waals surface area contributed by atoms with Crippen molar-refractivity contribution in [1.82, 2.24) is 4.90 Å². The van der Waals surface area contributed by atoms with Gasteiger partial charge < -0.3 is 10.2 Å². The number of amides is 1. The smallest absolute Gasteiger partial charge is 0.376 e. The third kappa shape index (κ3) is 5.57. The molecule has 0 aromatic heterocycles. The van der Waals surface area contributed by atoms with Crippen LogP contribution in [0.1, 0.15) is 44.1 Å². The van der Waals surface area contributed by atoms with E-state index in [1.165, 1.54) is 6.07 Å². The Morgan fingerprint density at radius 2 is 1.83 bits per heavy atom. The molecule has 1 aromatic carbocycles. The molecule has 1 amide bonds. The van der Waals surface area contributed by atoms with Crippen LogP contribution in [0.15, 0.2) is 18.2 Å². The fraction of sp³-hybridized carbons (Fsp3) is 0.632. The first-order chi connectivity index (χ1) is 13.6. The third-order valence-electron chi connectivity index (χ3n) is 5.57. The van der Waals surface area contributed by atoms with Crippen LogP contribution in [0, 0.1) is 0 Å². The highest BCUT2D eigenvalue weighted by atomic mass is 35.5. The standard InChI is InChI=1S/C19H24ClF3N2O3S/c20-17-7-6-13(10-16(17)19(21,22)23)24-11-18(26)25(14-4-2-1-3-5-14)15-8-9-29(27,28)12-15/h6-7,10,14-15,24H,1-5,8-9,11-12H2. The van der Waals surface area contributed by atoms with Gasteiger partial charge in [0.2, 0.25) is 5.91 Å². The second-order valence-electron chi connectivity index (χ2n) is 7.70. The van der Waals surface area contributed by atoms with Gasteiger partial charge in [0.1, 0.15) is 0 Å². The van der Waals surface area contributed by atoms with Gasteiger partial charge in [0.05, 0.1) is 28.6 Å². The second kappa shape index (κ2) is 8.71. The fourth-order valence-corrected chi connectivity index (χ4v) is 6.12. The van der Waals surface area contributed by atoms with Gasteiger partial charge in [-0.3, -0.25) is 4.79 Å². The Kier molecular flexibility index (Phi) is 6.67. The van der Waals surface area contributed by atoms with Crippen molar-refractivity contribution in [2.45, 2.75) is 56.8 Å². The molecule has 10 heteroatoms. The van der Waals surface area contributed by atoms with Crippen molar-refractivity contribution in [2.75, 3.05) is 23.4 Å². The molecule has 1 atom stereocenters. The van der Waals surface area contributed by atoms with E-state index in [1.54, 1.807) is 4.90 Å². The van der Waals surface area contributed by atoms with E-state index in [0.29, 0.717) is 6.42 Å². The Hall–Kier alpha value is -1.48. The molecular weight excluding hydrogens is 429 g/mol. The number of nitrogens with zero attached hydrogens (tertiary/aromatic N) is 1. The van der Waals surface area contributed by atoms with Crippen molar-refractivity contribution in [3.05, 3.63) is 28.8 Å². The predicted molar refractivity (Wildman–Crippen MR) is 106 cm³/mol. The summed E-state index contributed by atoms with van der Waals surface area (Å²) in [4.78, 5) is 14.7. The molecule has 0 bridgehead atoms. The van der Waals surface area contributed by atoms with Gasteiger partial charge in [-0.25, -0.2) is 8.42 Å². The molecular formula is C19H24ClF3N2O3S. The van der Waals surface area contributed by atoms with Gasteiger partial charge in [0.15, 0.2) is 9.84 Å². The van der Waals surface area contributed by atoms with Crippen molar-refractivity contribution >= 4 is 33.0 Å². The normalized spacial score (nSPS) is 22.4. The van der Waals surface area contributed by atoms with Gasteiger partial charge in [-0.2, -0.15) is 13.2 Å². The zero-order valence-corrected chi connectivity index (χ0v) is 17.4. The van der Waals surface area contributed by atoms with Crippen LogP contribution in [-0.4, -0.2) is 49.4 Å². The van der Waals surface area contributed by atoms with Crippen molar-refractivity contribution < 1.29 is 26.4 Å². The van der Waals surface area contributed by atoms with Crippen molar-refractivity contribution in [3.63, 3.8) is 0 Å². The second-order valence-corrected chi connectivity index (χ2v) is 10.3. The van der Waals surface area contributed by atoms with Crippen molar-refractivity contribution in [3.8, 4) is 0 Å². The summed E-state index contributed by atoms with van der Waals surface area (Å²) in [5.74, 6) is -0.273. The highest BCUT2D eigenvalue weighted by Gasteiger charge is 2.38. The Balaban J connectivity index is 1.73. The molecule has 0 radical (unpaired) electrons. The van der Waals surface area contributed by atoms with E-state index < -0.39 is 26.6 Å². The lowest BCUT2D eigenvalue weighted by molar-refractivity contribution is -0.137. The molecule has 2 aliphatic rings. The lowest BCUT2D eigenvalue weighted by Crippen LogP contribution is -2.50. The van der Waals surface area contributed by atoms with E-state index in [0.717, 1.165) is 44.2 Å². The zero-order valence-electron chi connectivity index (χ0n) is 15.8. The maximum Gasteiger partial charge on any atom is 0.417 e. The quantitative estimate of drug-likeness (QED) is 0.729. The molecule has 1 aliphatic heterocycles. The molecule has 1 saturated heterocycles. The number of carbonyl (C=O) groups excluding carboxylic acids is 1. The summed E-state index contributed by atoms with van der Waals surface area (Å²) in [7, 11) is -3.16. The first kappa shape index (κ1) is 22.2. The summed E-state index contributed by atoms with van der Waals surface area (Å²) in [5, 5.41) is 2.34. The molecule has 5 nitrogen and oxygen atoms in total. The number of hydrogen-bond acceptors (Lipinski definition) is 4. The summed E-state index contributed by atoms with van der Waals surface area (Å²) in [6.07, 6.45) is 0.503. The minimum atomic E-state index is -4.59. The fourth-order valence-electron chi connectivity index (χ4n) is 4.18. The Bertz CT molecular complexity index is 855. The predicted octanol–water partition coefficient (Wildman–Crippen LogP) is 4.12. The molecule has 1 aliphatic carbocycles. The topological polar surface area (TPSA) is 66.5 Å². The van der Waals surface area contributed by atoms with E-state index in [-0.39, 0.29) is 41.7 Å². The number of nitrogens with one attached hydrogen (secondary N) is 1. The summed E-state index contributed by atoms with van der Waals surface area (Å²) in [6.45, 7) is -0.202. The van der Waals surface area contributed by atoms with E-state index in [2.05, 4.69) is 5.32 Å². The number of benzene rings is 1. The van der Waals surface area contributed by atoms with Crippen LogP contribution in [0.3, 0.4) is 0 Å². The molecule has 0 spiro atoms. The maximum atomic E-state index is 13.0. The molecule has 1 N–H and O–H groups in total. The number of hydrogen-bond donors (Lipinski definition) is 1. The molecule has 29 heavy (non-hydrogen) atoms. The number of rotatable bonds is 5. The van der Waals surface area contributed by atoms with Gasteiger partial charge >= 0.3 is 6.18 Å². The van der Waals surface area contributed by atoms with E-state index in [4.69, 9.17) is 11.6 Å². The van der Waals surface area contributed by atoms with Crippen LogP contribution >= 0.6 is 11.6 Å². The van der Waals surface area contributed by atoms with Crippen LogP contribution in [0.25, 0.3) is 0 Å². The zero-order chi connectivity index (χ0) is 21.2. The monoisotopic (exact) mass is 452 g/mol. The van der Waals surface area contributed by atoms with Crippen LogP contribution < -0.4 is 5.32 Å². The lowest BCUT2D eigenvalue weighted by atomic mass is 9.93. The summed E-state index contributed by atoms with van der Waals surface area (Å²) >= 11 is 5.63. The van der Waals surface area contributed by atoms with Gasteiger partial charge in [0, 0.05) is 17.8 Å². The molecule has 3 rings (SSSR count). The SMILES string of the molecule is O=C(CNc1ccc(Cl)c(C(F)(F)F)c1)N(C1CCCCC1)C1CCS(=O)(=O)C1. The molecule has 162 valence electrons. The maximum absolute atomic E-state index is 13.0. The van der Waals surface area contributed by atoms with Crippen LogP contribution in [0.2, 0.25) is 5.02 Å². The number of sulfone groups is 1. The molecule has 1 heterocycles. The van der Waals surface area contributed by atoms with Gasteiger partial charge in [-0.05, 0) is 37.5 Å². The first-order valence-corrected chi connectivity index (χ1v) is 11.9. The van der Waals surface area contributed by atoms with Gasteiger partial charge in [-0.15, -0.1) is 0 Å². The minimum absolute atomic E-state index is 0.0210. The minimum Gasteiger partial charge on any atom is -0.376 e. The Morgan fingerprint density at radius 1 is 1.14 bits per heavy atom. The lowest BCUT2D eigenvalue weighted by Gasteiger charge is -2.38. The van der Waals surface area contributed by atoms with E-state index >= 15 is 0 Å². The molecule has 1 unspecified atom stereocenters. The summed E-state index contributed by atoms with van der Waals surface area (Å²) in [5.41, 5.74) is -0.833. The highest BCUT2D eigenvalue weighted by Crippen LogP contribution is 2.36. The molecule has 2 fully saturated rings. The number of alkyl halides is 3. The van der Waals surface area contributed by atoms with Crippen LogP contribution in [-0.2, 0) is 20.8 Å². The molecule has 1 saturated carbocycles. The van der Waals surface area contributed by atoms with Crippen molar-refractivity contribution in [2.24, 2.45) is 0 Å². The number of halogens is 4. The van der Waals surface area contributed by atoms with Crippen LogP contribution in [0.5, 0.6) is 0 Å². The average molecular weight is 453 g/mol. The highest BCUT2D eigenvalue weighted by molar-refractivity contribution is 7.91.